The number of aromatic nitrogens is 2. The highest BCUT2D eigenvalue weighted by molar-refractivity contribution is 5.22. The lowest BCUT2D eigenvalue weighted by atomic mass is 10.1. The highest BCUT2D eigenvalue weighted by atomic mass is 15.1. The summed E-state index contributed by atoms with van der Waals surface area (Å²) in [5.41, 5.74) is 7.31. The molecule has 0 radical (unpaired) electrons. The number of nitrogen functional groups attached to an aromatic ring is 1. The number of aryl methyl sites for hydroxylation is 1. The smallest absolute Gasteiger partial charge is 0.200 e. The normalized spacial score (nSPS) is 11.1. The molecule has 1 aromatic rings. The number of unbranched alkanes of at least 4 members (excludes halogenated alkanes) is 8. The molecule has 3 heteroatoms. The van der Waals surface area contributed by atoms with Gasteiger partial charge in [-0.05, 0) is 19.3 Å². The molecule has 0 aliphatic heterocycles. The lowest BCUT2D eigenvalue weighted by Crippen LogP contribution is -2.07. The van der Waals surface area contributed by atoms with Gasteiger partial charge in [-0.3, -0.25) is 0 Å². The summed E-state index contributed by atoms with van der Waals surface area (Å²) in [6.07, 6.45) is 16.3. The van der Waals surface area contributed by atoms with E-state index in [-0.39, 0.29) is 0 Å². The van der Waals surface area contributed by atoms with Crippen LogP contribution in [0.1, 0.15) is 83.7 Å². The molecule has 116 valence electrons. The molecule has 0 unspecified atom stereocenters. The third kappa shape index (κ3) is 6.44. The standard InChI is InChI=1S/C17H33N3/c1-3-5-7-9-10-12-14-20-16(15-19-17(20)18)13-11-8-6-4-2/h15H,3-14H2,1-2H3,(H2,18,19). The second kappa shape index (κ2) is 10.8. The van der Waals surface area contributed by atoms with Crippen molar-refractivity contribution in [3.05, 3.63) is 11.9 Å². The number of nitrogens with zero attached hydrogens (tertiary/aromatic N) is 2. The molecule has 1 rings (SSSR count). The molecule has 1 aromatic heterocycles. The topological polar surface area (TPSA) is 43.8 Å². The molecule has 20 heavy (non-hydrogen) atoms. The zero-order valence-electron chi connectivity index (χ0n) is 13.5. The molecule has 2 N–H and O–H groups in total. The van der Waals surface area contributed by atoms with E-state index in [1.807, 2.05) is 6.20 Å². The molecule has 1 heterocycles. The summed E-state index contributed by atoms with van der Waals surface area (Å²) in [6.45, 7) is 5.55. The molecule has 0 aliphatic rings. The van der Waals surface area contributed by atoms with Gasteiger partial charge >= 0.3 is 0 Å². The molecule has 0 saturated carbocycles. The van der Waals surface area contributed by atoms with Gasteiger partial charge in [0.15, 0.2) is 5.95 Å². The molecule has 0 atom stereocenters. The molecule has 0 fully saturated rings. The molecule has 0 spiro atoms. The first-order chi connectivity index (χ1) is 9.79. The zero-order chi connectivity index (χ0) is 14.6. The van der Waals surface area contributed by atoms with E-state index in [9.17, 15) is 0 Å². The number of rotatable bonds is 12. The molecule has 0 saturated heterocycles. The average Bonchev–Trinajstić information content (AvgIpc) is 2.80. The summed E-state index contributed by atoms with van der Waals surface area (Å²) in [5, 5.41) is 0. The van der Waals surface area contributed by atoms with Gasteiger partial charge in [-0.2, -0.15) is 0 Å². The SMILES string of the molecule is CCCCCCCCn1c(CCCCCC)cnc1N. The van der Waals surface area contributed by atoms with Gasteiger partial charge in [0.25, 0.3) is 0 Å². The molecule has 0 aliphatic carbocycles. The zero-order valence-corrected chi connectivity index (χ0v) is 13.5. The van der Waals surface area contributed by atoms with Gasteiger partial charge in [-0.1, -0.05) is 65.2 Å². The monoisotopic (exact) mass is 279 g/mol. The van der Waals surface area contributed by atoms with Crippen molar-refractivity contribution >= 4 is 5.95 Å². The van der Waals surface area contributed by atoms with Crippen LogP contribution in [0.25, 0.3) is 0 Å². The number of imidazole rings is 1. The molecular formula is C17H33N3. The number of nitrogens with two attached hydrogens (primary N) is 1. The fraction of sp³-hybridized carbons (Fsp3) is 0.824. The van der Waals surface area contributed by atoms with E-state index in [0.29, 0.717) is 5.95 Å². The van der Waals surface area contributed by atoms with Gasteiger partial charge in [-0.25, -0.2) is 4.98 Å². The lowest BCUT2D eigenvalue weighted by molar-refractivity contribution is 0.546. The maximum atomic E-state index is 5.99. The maximum absolute atomic E-state index is 5.99. The van der Waals surface area contributed by atoms with Crippen molar-refractivity contribution in [2.24, 2.45) is 0 Å². The average molecular weight is 279 g/mol. The Morgan fingerprint density at radius 3 is 2.20 bits per heavy atom. The first-order valence-electron chi connectivity index (χ1n) is 8.59. The number of anilines is 1. The minimum atomic E-state index is 0.698. The molecule has 0 bridgehead atoms. The second-order valence-corrected chi connectivity index (χ2v) is 5.84. The van der Waals surface area contributed by atoms with Crippen molar-refractivity contribution in [2.75, 3.05) is 5.73 Å². The van der Waals surface area contributed by atoms with Crippen LogP contribution in [0.5, 0.6) is 0 Å². The molecular weight excluding hydrogens is 246 g/mol. The number of hydrogen-bond donors (Lipinski definition) is 1. The van der Waals surface area contributed by atoms with E-state index < -0.39 is 0 Å². The highest BCUT2D eigenvalue weighted by Crippen LogP contribution is 2.14. The van der Waals surface area contributed by atoms with Crippen molar-refractivity contribution in [3.8, 4) is 0 Å². The third-order valence-corrected chi connectivity index (χ3v) is 3.99. The van der Waals surface area contributed by atoms with Gasteiger partial charge in [0, 0.05) is 12.2 Å². The predicted molar refractivity (Wildman–Crippen MR) is 87.9 cm³/mol. The first kappa shape index (κ1) is 17.1. The number of hydrogen-bond acceptors (Lipinski definition) is 2. The van der Waals surface area contributed by atoms with Gasteiger partial charge in [0.1, 0.15) is 0 Å². The van der Waals surface area contributed by atoms with E-state index in [1.54, 1.807) is 0 Å². The van der Waals surface area contributed by atoms with Crippen LogP contribution in [0, 0.1) is 0 Å². The van der Waals surface area contributed by atoms with Crippen molar-refractivity contribution < 1.29 is 0 Å². The van der Waals surface area contributed by atoms with Crippen LogP contribution < -0.4 is 5.73 Å². The lowest BCUT2D eigenvalue weighted by Gasteiger charge is -2.10. The fourth-order valence-corrected chi connectivity index (χ4v) is 2.67. The van der Waals surface area contributed by atoms with Crippen LogP contribution in [-0.4, -0.2) is 9.55 Å². The summed E-state index contributed by atoms with van der Waals surface area (Å²) < 4.78 is 2.23. The van der Waals surface area contributed by atoms with Crippen LogP contribution in [0.4, 0.5) is 5.95 Å². The van der Waals surface area contributed by atoms with Gasteiger partial charge < -0.3 is 10.3 Å². The van der Waals surface area contributed by atoms with Crippen molar-refractivity contribution in [3.63, 3.8) is 0 Å². The summed E-state index contributed by atoms with van der Waals surface area (Å²) in [4.78, 5) is 4.28. The second-order valence-electron chi connectivity index (χ2n) is 5.84. The van der Waals surface area contributed by atoms with E-state index in [1.165, 1.54) is 69.9 Å². The Balaban J connectivity index is 2.27. The van der Waals surface area contributed by atoms with Crippen LogP contribution in [-0.2, 0) is 13.0 Å². The molecule has 3 nitrogen and oxygen atoms in total. The van der Waals surface area contributed by atoms with Gasteiger partial charge in [-0.15, -0.1) is 0 Å². The largest absolute Gasteiger partial charge is 0.369 e. The Morgan fingerprint density at radius 2 is 1.50 bits per heavy atom. The summed E-state index contributed by atoms with van der Waals surface area (Å²) in [6, 6.07) is 0. The Kier molecular flexibility index (Phi) is 9.18. The Morgan fingerprint density at radius 1 is 0.900 bits per heavy atom. The fourth-order valence-electron chi connectivity index (χ4n) is 2.67. The van der Waals surface area contributed by atoms with Crippen molar-refractivity contribution in [1.82, 2.24) is 9.55 Å². The molecule has 0 amide bonds. The maximum Gasteiger partial charge on any atom is 0.200 e. The van der Waals surface area contributed by atoms with E-state index >= 15 is 0 Å². The van der Waals surface area contributed by atoms with Crippen molar-refractivity contribution in [2.45, 2.75) is 91.0 Å². The highest BCUT2D eigenvalue weighted by Gasteiger charge is 2.06. The van der Waals surface area contributed by atoms with Crippen LogP contribution in [0.3, 0.4) is 0 Å². The van der Waals surface area contributed by atoms with E-state index in [2.05, 4.69) is 23.4 Å². The molecule has 0 aromatic carbocycles. The Bertz CT molecular complexity index is 344. The summed E-state index contributed by atoms with van der Waals surface area (Å²) >= 11 is 0. The van der Waals surface area contributed by atoms with Crippen molar-refractivity contribution in [1.29, 1.82) is 0 Å². The third-order valence-electron chi connectivity index (χ3n) is 3.99. The van der Waals surface area contributed by atoms with E-state index in [0.717, 1.165) is 13.0 Å². The minimum absolute atomic E-state index is 0.698. The van der Waals surface area contributed by atoms with Crippen LogP contribution in [0.15, 0.2) is 6.20 Å². The van der Waals surface area contributed by atoms with Crippen LogP contribution >= 0.6 is 0 Å². The Hall–Kier alpha value is -0.990. The quantitative estimate of drug-likeness (QED) is 0.550. The van der Waals surface area contributed by atoms with E-state index in [4.69, 9.17) is 5.73 Å². The van der Waals surface area contributed by atoms with Gasteiger partial charge in [0.05, 0.1) is 6.20 Å². The van der Waals surface area contributed by atoms with Gasteiger partial charge in [0.2, 0.25) is 0 Å². The minimum Gasteiger partial charge on any atom is -0.369 e. The Labute approximate surface area is 125 Å². The first-order valence-corrected chi connectivity index (χ1v) is 8.59. The van der Waals surface area contributed by atoms with Crippen LogP contribution in [0.2, 0.25) is 0 Å². The predicted octanol–water partition coefficient (Wildman–Crippen LogP) is 4.95. The summed E-state index contributed by atoms with van der Waals surface area (Å²) in [7, 11) is 0. The summed E-state index contributed by atoms with van der Waals surface area (Å²) in [5.74, 6) is 0.698.